The second-order valence-corrected chi connectivity index (χ2v) is 6.13. The highest BCUT2D eigenvalue weighted by atomic mass is 79.9. The summed E-state index contributed by atoms with van der Waals surface area (Å²) in [5, 5.41) is 1.12. The van der Waals surface area contributed by atoms with Crippen molar-refractivity contribution in [1.82, 2.24) is 4.90 Å². The molecule has 0 amide bonds. The molecule has 0 aromatic heterocycles. The van der Waals surface area contributed by atoms with Crippen LogP contribution in [0.1, 0.15) is 46.0 Å². The van der Waals surface area contributed by atoms with Gasteiger partial charge in [-0.1, -0.05) is 42.6 Å². The third kappa shape index (κ3) is 4.53. The molecule has 3 heteroatoms. The van der Waals surface area contributed by atoms with E-state index in [1.165, 1.54) is 38.6 Å². The maximum absolute atomic E-state index is 5.49. The number of nitrogens with zero attached hydrogens (tertiary/aromatic N) is 1. The Labute approximate surface area is 115 Å². The largest absolute Gasteiger partial charge is 0.380 e. The summed E-state index contributed by atoms with van der Waals surface area (Å²) in [7, 11) is 2.27. The van der Waals surface area contributed by atoms with Crippen molar-refractivity contribution < 1.29 is 4.74 Å². The summed E-state index contributed by atoms with van der Waals surface area (Å²) < 4.78 is 5.49. The molecule has 2 nitrogen and oxygen atoms in total. The quantitative estimate of drug-likeness (QED) is 0.634. The van der Waals surface area contributed by atoms with Gasteiger partial charge in [0.25, 0.3) is 0 Å². The van der Waals surface area contributed by atoms with Crippen LogP contribution in [0.4, 0.5) is 0 Å². The molecule has 17 heavy (non-hydrogen) atoms. The van der Waals surface area contributed by atoms with Gasteiger partial charge >= 0.3 is 0 Å². The van der Waals surface area contributed by atoms with Gasteiger partial charge in [0.2, 0.25) is 0 Å². The monoisotopic (exact) mass is 305 g/mol. The van der Waals surface area contributed by atoms with Gasteiger partial charge in [0.1, 0.15) is 0 Å². The van der Waals surface area contributed by atoms with Crippen molar-refractivity contribution in [1.29, 1.82) is 0 Å². The molecule has 0 aromatic carbocycles. The van der Waals surface area contributed by atoms with Gasteiger partial charge in [-0.15, -0.1) is 0 Å². The highest BCUT2D eigenvalue weighted by Crippen LogP contribution is 2.33. The minimum atomic E-state index is 0.459. The highest BCUT2D eigenvalue weighted by molar-refractivity contribution is 9.09. The van der Waals surface area contributed by atoms with E-state index in [4.69, 9.17) is 4.74 Å². The zero-order valence-electron chi connectivity index (χ0n) is 11.7. The van der Waals surface area contributed by atoms with E-state index in [2.05, 4.69) is 41.7 Å². The number of hydrogen-bond donors (Lipinski definition) is 0. The predicted octanol–water partition coefficient (Wildman–Crippen LogP) is 3.69. The lowest BCUT2D eigenvalue weighted by atomic mass is 9.80. The average molecular weight is 306 g/mol. The van der Waals surface area contributed by atoms with Crippen molar-refractivity contribution in [3.05, 3.63) is 0 Å². The van der Waals surface area contributed by atoms with Gasteiger partial charge in [0.15, 0.2) is 0 Å². The molecule has 1 fully saturated rings. The van der Waals surface area contributed by atoms with Gasteiger partial charge in [-0.05, 0) is 31.7 Å². The van der Waals surface area contributed by atoms with E-state index in [1.54, 1.807) is 0 Å². The Hall–Kier alpha value is 0.400. The molecular weight excluding hydrogens is 278 g/mol. The van der Waals surface area contributed by atoms with Crippen LogP contribution >= 0.6 is 15.9 Å². The maximum Gasteiger partial charge on any atom is 0.0622 e. The molecule has 0 saturated carbocycles. The standard InChI is InChI=1S/C14H28BrNO/c1-4-7-14(11-15,8-5-2)12-16(3)13-6-9-17-10-13/h13H,4-12H2,1-3H3. The number of halogens is 1. The summed E-state index contributed by atoms with van der Waals surface area (Å²) in [5.41, 5.74) is 0.459. The van der Waals surface area contributed by atoms with Crippen LogP contribution < -0.4 is 0 Å². The number of alkyl halides is 1. The van der Waals surface area contributed by atoms with Gasteiger partial charge < -0.3 is 9.64 Å². The minimum absolute atomic E-state index is 0.459. The fraction of sp³-hybridized carbons (Fsp3) is 1.00. The van der Waals surface area contributed by atoms with Gasteiger partial charge in [0, 0.05) is 24.5 Å². The van der Waals surface area contributed by atoms with Crippen LogP contribution in [0.25, 0.3) is 0 Å². The first kappa shape index (κ1) is 15.5. The number of likely N-dealkylation sites (N-methyl/N-ethyl adjacent to an activating group) is 1. The summed E-state index contributed by atoms with van der Waals surface area (Å²) in [6.45, 7) is 7.66. The molecule has 1 rings (SSSR count). The van der Waals surface area contributed by atoms with E-state index in [0.717, 1.165) is 18.5 Å². The van der Waals surface area contributed by atoms with Gasteiger partial charge in [-0.3, -0.25) is 0 Å². The van der Waals surface area contributed by atoms with E-state index < -0.39 is 0 Å². The van der Waals surface area contributed by atoms with Crippen LogP contribution in [0.2, 0.25) is 0 Å². The van der Waals surface area contributed by atoms with Crippen LogP contribution in [0.5, 0.6) is 0 Å². The Balaban J connectivity index is 2.56. The molecule has 1 atom stereocenters. The summed E-state index contributed by atoms with van der Waals surface area (Å²) in [6, 6.07) is 0.641. The SMILES string of the molecule is CCCC(CBr)(CCC)CN(C)C1CCOC1. The summed E-state index contributed by atoms with van der Waals surface area (Å²) in [4.78, 5) is 2.53. The molecule has 0 radical (unpaired) electrons. The van der Waals surface area contributed by atoms with Crippen molar-refractivity contribution in [2.24, 2.45) is 5.41 Å². The topological polar surface area (TPSA) is 12.5 Å². The average Bonchev–Trinajstić information content (AvgIpc) is 2.83. The zero-order chi connectivity index (χ0) is 12.7. The molecule has 0 aromatic rings. The van der Waals surface area contributed by atoms with Crippen molar-refractivity contribution in [3.63, 3.8) is 0 Å². The van der Waals surface area contributed by atoms with E-state index in [-0.39, 0.29) is 0 Å². The van der Waals surface area contributed by atoms with Crippen LogP contribution in [0.15, 0.2) is 0 Å². The van der Waals surface area contributed by atoms with E-state index >= 15 is 0 Å². The van der Waals surface area contributed by atoms with E-state index in [1.807, 2.05) is 0 Å². The Kier molecular flexibility index (Phi) is 7.05. The summed E-state index contributed by atoms with van der Waals surface area (Å²) in [6.07, 6.45) is 6.41. The van der Waals surface area contributed by atoms with Crippen LogP contribution in [0.3, 0.4) is 0 Å². The molecule has 1 aliphatic heterocycles. The second kappa shape index (κ2) is 7.75. The smallest absolute Gasteiger partial charge is 0.0622 e. The maximum atomic E-state index is 5.49. The van der Waals surface area contributed by atoms with Crippen molar-refractivity contribution in [2.45, 2.75) is 52.0 Å². The Bertz CT molecular complexity index is 198. The molecule has 1 unspecified atom stereocenters. The molecular formula is C14H28BrNO. The van der Waals surface area contributed by atoms with Gasteiger partial charge in [-0.2, -0.15) is 0 Å². The fourth-order valence-corrected chi connectivity index (χ4v) is 3.79. The van der Waals surface area contributed by atoms with Crippen LogP contribution in [-0.4, -0.2) is 43.1 Å². The molecule has 0 bridgehead atoms. The molecule has 0 N–H and O–H groups in total. The second-order valence-electron chi connectivity index (χ2n) is 5.57. The number of rotatable bonds is 8. The molecule has 1 saturated heterocycles. The molecule has 102 valence electrons. The Morgan fingerprint density at radius 2 is 1.94 bits per heavy atom. The molecule has 0 aliphatic carbocycles. The first-order valence-electron chi connectivity index (χ1n) is 7.01. The first-order valence-corrected chi connectivity index (χ1v) is 8.13. The Morgan fingerprint density at radius 1 is 1.29 bits per heavy atom. The van der Waals surface area contributed by atoms with Crippen molar-refractivity contribution in [3.8, 4) is 0 Å². The molecule has 1 heterocycles. The third-order valence-electron chi connectivity index (χ3n) is 3.96. The third-order valence-corrected chi connectivity index (χ3v) is 5.15. The molecule has 1 aliphatic rings. The van der Waals surface area contributed by atoms with E-state index in [0.29, 0.717) is 11.5 Å². The fourth-order valence-electron chi connectivity index (χ4n) is 3.05. The van der Waals surface area contributed by atoms with Crippen molar-refractivity contribution >= 4 is 15.9 Å². The lowest BCUT2D eigenvalue weighted by Crippen LogP contribution is -2.42. The minimum Gasteiger partial charge on any atom is -0.380 e. The normalized spacial score (nSPS) is 21.4. The molecule has 0 spiro atoms. The number of ether oxygens (including phenoxy) is 1. The van der Waals surface area contributed by atoms with Crippen LogP contribution in [0, 0.1) is 5.41 Å². The predicted molar refractivity (Wildman–Crippen MR) is 77.9 cm³/mol. The zero-order valence-corrected chi connectivity index (χ0v) is 13.3. The van der Waals surface area contributed by atoms with E-state index in [9.17, 15) is 0 Å². The lowest BCUT2D eigenvalue weighted by Gasteiger charge is -2.37. The van der Waals surface area contributed by atoms with Gasteiger partial charge in [0.05, 0.1) is 6.61 Å². The van der Waals surface area contributed by atoms with Gasteiger partial charge in [-0.25, -0.2) is 0 Å². The highest BCUT2D eigenvalue weighted by Gasteiger charge is 2.31. The van der Waals surface area contributed by atoms with Crippen molar-refractivity contribution in [2.75, 3.05) is 32.1 Å². The summed E-state index contributed by atoms with van der Waals surface area (Å²) >= 11 is 3.75. The lowest BCUT2D eigenvalue weighted by molar-refractivity contribution is 0.114. The Morgan fingerprint density at radius 3 is 2.35 bits per heavy atom. The van der Waals surface area contributed by atoms with Crippen LogP contribution in [-0.2, 0) is 4.74 Å². The first-order chi connectivity index (χ1) is 8.17. The summed E-state index contributed by atoms with van der Waals surface area (Å²) in [5.74, 6) is 0. The number of hydrogen-bond acceptors (Lipinski definition) is 2.